The maximum atomic E-state index is 11.5. The average molecular weight is 210 g/mol. The van der Waals surface area contributed by atoms with Crippen LogP contribution in [-0.4, -0.2) is 28.8 Å². The van der Waals surface area contributed by atoms with Gasteiger partial charge in [0, 0.05) is 11.6 Å². The van der Waals surface area contributed by atoms with Gasteiger partial charge in [0.05, 0.1) is 12.3 Å². The Labute approximate surface area is 87.5 Å². The molecule has 0 saturated carbocycles. The quantitative estimate of drug-likeness (QED) is 0.420. The number of amides is 1. The number of hydrogen-bond donors (Lipinski definition) is 4. The Bertz CT molecular complexity index is 366. The van der Waals surface area contributed by atoms with E-state index in [1.807, 2.05) is 0 Å². The van der Waals surface area contributed by atoms with Crippen LogP contribution in [0.15, 0.2) is 18.2 Å². The van der Waals surface area contributed by atoms with Gasteiger partial charge in [0.15, 0.2) is 0 Å². The van der Waals surface area contributed by atoms with Crippen molar-refractivity contribution in [2.75, 3.05) is 12.3 Å². The number of anilines is 1. The number of nitrogens with one attached hydrogen (secondary N) is 1. The molecular formula is C10H14N2O3. The van der Waals surface area contributed by atoms with Crippen LogP contribution in [0.3, 0.4) is 0 Å². The molecule has 0 heterocycles. The van der Waals surface area contributed by atoms with Crippen molar-refractivity contribution in [2.24, 2.45) is 0 Å². The normalized spacial score (nSPS) is 12.1. The first-order chi connectivity index (χ1) is 7.04. The fourth-order valence-corrected chi connectivity index (χ4v) is 1.04. The van der Waals surface area contributed by atoms with Crippen LogP contribution in [0.1, 0.15) is 17.3 Å². The predicted molar refractivity (Wildman–Crippen MR) is 56.5 cm³/mol. The summed E-state index contributed by atoms with van der Waals surface area (Å²) in [4.78, 5) is 11.5. The van der Waals surface area contributed by atoms with Gasteiger partial charge in [-0.15, -0.1) is 0 Å². The minimum Gasteiger partial charge on any atom is -0.506 e. The number of nitrogen functional groups attached to an aromatic ring is 1. The fraction of sp³-hybridized carbons (Fsp3) is 0.300. The van der Waals surface area contributed by atoms with Crippen molar-refractivity contribution in [3.05, 3.63) is 23.8 Å². The van der Waals surface area contributed by atoms with Gasteiger partial charge in [0.2, 0.25) is 0 Å². The molecule has 0 saturated heterocycles. The van der Waals surface area contributed by atoms with E-state index in [4.69, 9.17) is 10.8 Å². The Balaban J connectivity index is 2.78. The molecule has 1 rings (SSSR count). The van der Waals surface area contributed by atoms with Crippen LogP contribution in [0, 0.1) is 0 Å². The van der Waals surface area contributed by atoms with Crippen molar-refractivity contribution in [3.63, 3.8) is 0 Å². The number of aliphatic hydroxyl groups is 1. The van der Waals surface area contributed by atoms with Crippen molar-refractivity contribution >= 4 is 11.6 Å². The molecule has 15 heavy (non-hydrogen) atoms. The van der Waals surface area contributed by atoms with E-state index in [1.54, 1.807) is 6.92 Å². The highest BCUT2D eigenvalue weighted by Crippen LogP contribution is 2.20. The van der Waals surface area contributed by atoms with Crippen LogP contribution in [-0.2, 0) is 0 Å². The molecule has 0 bridgehead atoms. The summed E-state index contributed by atoms with van der Waals surface area (Å²) in [7, 11) is 0. The number of nitrogens with two attached hydrogens (primary N) is 1. The second-order valence-electron chi connectivity index (χ2n) is 3.33. The molecule has 0 spiro atoms. The van der Waals surface area contributed by atoms with Gasteiger partial charge in [-0.3, -0.25) is 4.79 Å². The van der Waals surface area contributed by atoms with Crippen molar-refractivity contribution in [1.29, 1.82) is 0 Å². The van der Waals surface area contributed by atoms with E-state index in [2.05, 4.69) is 5.32 Å². The summed E-state index contributed by atoms with van der Waals surface area (Å²) in [5, 5.41) is 20.6. The summed E-state index contributed by atoms with van der Waals surface area (Å²) in [5.41, 5.74) is 5.93. The minimum absolute atomic E-state index is 0.126. The van der Waals surface area contributed by atoms with Crippen molar-refractivity contribution < 1.29 is 15.0 Å². The summed E-state index contributed by atoms with van der Waals surface area (Å²) in [6.07, 6.45) is 0. The number of phenolic OH excluding ortho intramolecular Hbond substituents is 1. The number of hydrogen-bond acceptors (Lipinski definition) is 4. The lowest BCUT2D eigenvalue weighted by Gasteiger charge is -2.11. The summed E-state index contributed by atoms with van der Waals surface area (Å²) >= 11 is 0. The summed E-state index contributed by atoms with van der Waals surface area (Å²) in [6.45, 7) is 1.54. The first kappa shape index (κ1) is 11.3. The van der Waals surface area contributed by atoms with Crippen LogP contribution < -0.4 is 11.1 Å². The predicted octanol–water partition coefficient (Wildman–Crippen LogP) is 0.0850. The first-order valence-corrected chi connectivity index (χ1v) is 4.54. The lowest BCUT2D eigenvalue weighted by atomic mass is 10.1. The molecule has 1 atom stereocenters. The van der Waals surface area contributed by atoms with E-state index < -0.39 is 0 Å². The van der Waals surface area contributed by atoms with Crippen molar-refractivity contribution in [1.82, 2.24) is 5.32 Å². The van der Waals surface area contributed by atoms with E-state index in [-0.39, 0.29) is 30.0 Å². The molecule has 1 aromatic carbocycles. The molecule has 5 heteroatoms. The maximum Gasteiger partial charge on any atom is 0.251 e. The van der Waals surface area contributed by atoms with E-state index in [0.717, 1.165) is 0 Å². The van der Waals surface area contributed by atoms with Crippen LogP contribution in [0.2, 0.25) is 0 Å². The zero-order valence-electron chi connectivity index (χ0n) is 8.40. The Hall–Kier alpha value is -1.75. The highest BCUT2D eigenvalue weighted by Gasteiger charge is 2.10. The van der Waals surface area contributed by atoms with Gasteiger partial charge in [-0.1, -0.05) is 0 Å². The SMILES string of the molecule is CC(CO)NC(=O)c1ccc(N)c(O)c1. The van der Waals surface area contributed by atoms with Crippen molar-refractivity contribution in [3.8, 4) is 5.75 Å². The topological polar surface area (TPSA) is 95.6 Å². The van der Waals surface area contributed by atoms with Gasteiger partial charge < -0.3 is 21.3 Å². The van der Waals surface area contributed by atoms with Gasteiger partial charge in [-0.05, 0) is 25.1 Å². The van der Waals surface area contributed by atoms with Gasteiger partial charge >= 0.3 is 0 Å². The number of aromatic hydroxyl groups is 1. The van der Waals surface area contributed by atoms with Gasteiger partial charge in [0.1, 0.15) is 5.75 Å². The summed E-state index contributed by atoms with van der Waals surface area (Å²) in [5.74, 6) is -0.480. The standard InChI is InChI=1S/C10H14N2O3/c1-6(5-13)12-10(15)7-2-3-8(11)9(14)4-7/h2-4,6,13-14H,5,11H2,1H3,(H,12,15). The van der Waals surface area contributed by atoms with Crippen LogP contribution >= 0.6 is 0 Å². The number of benzene rings is 1. The third-order valence-electron chi connectivity index (χ3n) is 1.94. The molecule has 1 amide bonds. The zero-order valence-corrected chi connectivity index (χ0v) is 8.40. The summed E-state index contributed by atoms with van der Waals surface area (Å²) < 4.78 is 0. The number of rotatable bonds is 3. The molecule has 0 fully saturated rings. The number of aliphatic hydroxyl groups excluding tert-OH is 1. The van der Waals surface area contributed by atoms with Gasteiger partial charge in [0.25, 0.3) is 5.91 Å². The van der Waals surface area contributed by atoms with Crippen LogP contribution in [0.25, 0.3) is 0 Å². The molecule has 1 aromatic rings. The molecule has 0 aliphatic heterocycles. The number of phenols is 1. The van der Waals surface area contributed by atoms with Crippen molar-refractivity contribution in [2.45, 2.75) is 13.0 Å². The van der Waals surface area contributed by atoms with Crippen LogP contribution in [0.4, 0.5) is 5.69 Å². The molecule has 5 N–H and O–H groups in total. The minimum atomic E-state index is -0.355. The van der Waals surface area contributed by atoms with E-state index in [9.17, 15) is 9.90 Å². The Morgan fingerprint density at radius 1 is 1.60 bits per heavy atom. The maximum absolute atomic E-state index is 11.5. The molecule has 82 valence electrons. The smallest absolute Gasteiger partial charge is 0.251 e. The number of carbonyl (C=O) groups excluding carboxylic acids is 1. The van der Waals surface area contributed by atoms with E-state index in [0.29, 0.717) is 5.56 Å². The zero-order chi connectivity index (χ0) is 11.4. The molecular weight excluding hydrogens is 196 g/mol. The van der Waals surface area contributed by atoms with Crippen LogP contribution in [0.5, 0.6) is 5.75 Å². The highest BCUT2D eigenvalue weighted by molar-refractivity contribution is 5.95. The van der Waals surface area contributed by atoms with Gasteiger partial charge in [-0.25, -0.2) is 0 Å². The Morgan fingerprint density at radius 3 is 2.80 bits per heavy atom. The third-order valence-corrected chi connectivity index (χ3v) is 1.94. The second-order valence-corrected chi connectivity index (χ2v) is 3.33. The van der Waals surface area contributed by atoms with Gasteiger partial charge in [-0.2, -0.15) is 0 Å². The number of carbonyl (C=O) groups is 1. The average Bonchev–Trinajstić information content (AvgIpc) is 2.21. The third kappa shape index (κ3) is 2.85. The molecule has 0 aromatic heterocycles. The highest BCUT2D eigenvalue weighted by atomic mass is 16.3. The van der Waals surface area contributed by atoms with E-state index >= 15 is 0 Å². The molecule has 0 aliphatic carbocycles. The van der Waals surface area contributed by atoms with E-state index in [1.165, 1.54) is 18.2 Å². The molecule has 1 unspecified atom stereocenters. The Kier molecular flexibility index (Phi) is 3.51. The summed E-state index contributed by atoms with van der Waals surface area (Å²) in [6, 6.07) is 3.93. The first-order valence-electron chi connectivity index (χ1n) is 4.54. The lowest BCUT2D eigenvalue weighted by molar-refractivity contribution is 0.0922. The monoisotopic (exact) mass is 210 g/mol. The largest absolute Gasteiger partial charge is 0.506 e. The Morgan fingerprint density at radius 2 is 2.27 bits per heavy atom. The lowest BCUT2D eigenvalue weighted by Crippen LogP contribution is -2.34. The fourth-order valence-electron chi connectivity index (χ4n) is 1.04. The molecule has 0 aliphatic rings. The second kappa shape index (κ2) is 4.65. The molecule has 0 radical (unpaired) electrons. The molecule has 5 nitrogen and oxygen atoms in total.